The molecule has 88 valence electrons. The molecule has 0 bridgehead atoms. The highest BCUT2D eigenvalue weighted by atomic mass is 16.4. The molecule has 1 saturated carbocycles. The largest absolute Gasteiger partial charge is 0.476 e. The lowest BCUT2D eigenvalue weighted by Gasteiger charge is -2.08. The summed E-state index contributed by atoms with van der Waals surface area (Å²) in [4.78, 5) is 11.0. The summed E-state index contributed by atoms with van der Waals surface area (Å²) in [6.45, 7) is 4.91. The van der Waals surface area contributed by atoms with Crippen LogP contribution in [0.1, 0.15) is 42.9 Å². The number of carboxylic acid groups (broad SMARTS) is 1. The average molecular weight is 223 g/mol. The average Bonchev–Trinajstić information content (AvgIpc) is 2.89. The van der Waals surface area contributed by atoms with E-state index in [0.717, 1.165) is 18.7 Å². The van der Waals surface area contributed by atoms with Crippen LogP contribution in [0.15, 0.2) is 0 Å². The van der Waals surface area contributed by atoms with Crippen molar-refractivity contribution in [1.29, 1.82) is 0 Å². The Balaban J connectivity index is 2.24. The lowest BCUT2D eigenvalue weighted by atomic mass is 10.1. The van der Waals surface area contributed by atoms with Crippen molar-refractivity contribution in [1.82, 2.24) is 15.0 Å². The molecule has 0 aliphatic heterocycles. The smallest absolute Gasteiger partial charge is 0.358 e. The molecule has 0 spiro atoms. The highest BCUT2D eigenvalue weighted by Crippen LogP contribution is 2.33. The molecule has 0 saturated heterocycles. The van der Waals surface area contributed by atoms with Crippen molar-refractivity contribution < 1.29 is 9.90 Å². The van der Waals surface area contributed by atoms with Crippen LogP contribution in [0, 0.1) is 11.8 Å². The molecule has 1 heterocycles. The molecule has 1 aliphatic rings. The van der Waals surface area contributed by atoms with Gasteiger partial charge in [0.15, 0.2) is 5.69 Å². The number of hydrogen-bond acceptors (Lipinski definition) is 3. The van der Waals surface area contributed by atoms with E-state index in [2.05, 4.69) is 24.2 Å². The number of aromatic carboxylic acids is 1. The zero-order valence-electron chi connectivity index (χ0n) is 9.68. The van der Waals surface area contributed by atoms with Crippen molar-refractivity contribution >= 4 is 5.97 Å². The molecule has 2 rings (SSSR count). The zero-order chi connectivity index (χ0) is 11.7. The van der Waals surface area contributed by atoms with Crippen LogP contribution in [-0.2, 0) is 13.0 Å². The van der Waals surface area contributed by atoms with Gasteiger partial charge in [0.1, 0.15) is 0 Å². The van der Waals surface area contributed by atoms with Gasteiger partial charge in [0.2, 0.25) is 0 Å². The van der Waals surface area contributed by atoms with E-state index in [0.29, 0.717) is 11.8 Å². The van der Waals surface area contributed by atoms with E-state index in [1.54, 1.807) is 4.68 Å². The summed E-state index contributed by atoms with van der Waals surface area (Å²) in [5.74, 6) is 0.120. The Bertz CT molecular complexity index is 394. The fourth-order valence-corrected chi connectivity index (χ4v) is 1.79. The van der Waals surface area contributed by atoms with E-state index in [1.807, 2.05) is 0 Å². The number of rotatable bonds is 5. The van der Waals surface area contributed by atoms with Crippen LogP contribution >= 0.6 is 0 Å². The first-order chi connectivity index (χ1) is 7.58. The molecule has 5 nitrogen and oxygen atoms in total. The van der Waals surface area contributed by atoms with Crippen molar-refractivity contribution in [2.75, 3.05) is 0 Å². The molecular formula is C11H17N3O2. The quantitative estimate of drug-likeness (QED) is 0.823. The fourth-order valence-electron chi connectivity index (χ4n) is 1.79. The Morgan fingerprint density at radius 3 is 2.75 bits per heavy atom. The normalized spacial score (nSPS) is 15.7. The summed E-state index contributed by atoms with van der Waals surface area (Å²) in [6, 6.07) is 0. The molecule has 1 fully saturated rings. The third kappa shape index (κ3) is 2.40. The lowest BCUT2D eigenvalue weighted by molar-refractivity contribution is 0.0689. The molecule has 1 aromatic heterocycles. The van der Waals surface area contributed by atoms with Crippen LogP contribution in [-0.4, -0.2) is 26.1 Å². The second-order valence-electron chi connectivity index (χ2n) is 4.91. The van der Waals surface area contributed by atoms with Crippen molar-refractivity contribution in [3.63, 3.8) is 0 Å². The minimum Gasteiger partial charge on any atom is -0.476 e. The second kappa shape index (κ2) is 4.23. The van der Waals surface area contributed by atoms with Crippen molar-refractivity contribution in [3.05, 3.63) is 11.4 Å². The van der Waals surface area contributed by atoms with E-state index in [1.165, 1.54) is 12.8 Å². The van der Waals surface area contributed by atoms with E-state index in [-0.39, 0.29) is 5.69 Å². The summed E-state index contributed by atoms with van der Waals surface area (Å²) in [5, 5.41) is 16.7. The topological polar surface area (TPSA) is 68.0 Å². The predicted octanol–water partition coefficient (Wildman–Crippen LogP) is 1.58. The van der Waals surface area contributed by atoms with Gasteiger partial charge in [-0.15, -0.1) is 5.10 Å². The number of carboxylic acids is 1. The lowest BCUT2D eigenvalue weighted by Crippen LogP contribution is -2.12. The minimum atomic E-state index is -0.967. The summed E-state index contributed by atoms with van der Waals surface area (Å²) < 4.78 is 1.76. The monoisotopic (exact) mass is 223 g/mol. The Hall–Kier alpha value is -1.39. The first kappa shape index (κ1) is 11.1. The number of carbonyl (C=O) groups is 1. The van der Waals surface area contributed by atoms with Crippen molar-refractivity contribution in [2.24, 2.45) is 11.8 Å². The van der Waals surface area contributed by atoms with E-state index in [9.17, 15) is 4.79 Å². The van der Waals surface area contributed by atoms with Crippen LogP contribution in [0.4, 0.5) is 0 Å². The number of hydrogen-bond donors (Lipinski definition) is 1. The number of nitrogens with zero attached hydrogens (tertiary/aromatic N) is 3. The van der Waals surface area contributed by atoms with Gasteiger partial charge < -0.3 is 5.11 Å². The van der Waals surface area contributed by atoms with Gasteiger partial charge in [-0.3, -0.25) is 0 Å². The van der Waals surface area contributed by atoms with Gasteiger partial charge in [-0.25, -0.2) is 9.48 Å². The summed E-state index contributed by atoms with van der Waals surface area (Å²) in [5.41, 5.74) is 0.927. The maximum atomic E-state index is 11.0. The molecule has 16 heavy (non-hydrogen) atoms. The Labute approximate surface area is 94.5 Å². The maximum Gasteiger partial charge on any atom is 0.358 e. The van der Waals surface area contributed by atoms with Crippen molar-refractivity contribution in [2.45, 2.75) is 39.7 Å². The van der Waals surface area contributed by atoms with Gasteiger partial charge in [-0.05, 0) is 31.1 Å². The summed E-state index contributed by atoms with van der Waals surface area (Å²) in [7, 11) is 0. The van der Waals surface area contributed by atoms with Crippen molar-refractivity contribution in [3.8, 4) is 0 Å². The van der Waals surface area contributed by atoms with E-state index in [4.69, 9.17) is 5.11 Å². The van der Waals surface area contributed by atoms with Crippen LogP contribution in [0.5, 0.6) is 0 Å². The maximum absolute atomic E-state index is 11.0. The first-order valence-corrected chi connectivity index (χ1v) is 5.73. The molecule has 0 aromatic carbocycles. The third-order valence-electron chi connectivity index (χ3n) is 2.76. The second-order valence-corrected chi connectivity index (χ2v) is 4.91. The highest BCUT2D eigenvalue weighted by molar-refractivity contribution is 5.86. The molecule has 0 amide bonds. The molecule has 1 aliphatic carbocycles. The molecule has 5 heteroatoms. The van der Waals surface area contributed by atoms with Gasteiger partial charge in [0.25, 0.3) is 0 Å². The van der Waals surface area contributed by atoms with Crippen LogP contribution in [0.3, 0.4) is 0 Å². The predicted molar refractivity (Wildman–Crippen MR) is 58.2 cm³/mol. The Kier molecular flexibility index (Phi) is 2.94. The van der Waals surface area contributed by atoms with Crippen LogP contribution < -0.4 is 0 Å². The van der Waals surface area contributed by atoms with Crippen LogP contribution in [0.25, 0.3) is 0 Å². The first-order valence-electron chi connectivity index (χ1n) is 5.73. The van der Waals surface area contributed by atoms with Gasteiger partial charge >= 0.3 is 5.97 Å². The Morgan fingerprint density at radius 2 is 2.25 bits per heavy atom. The summed E-state index contributed by atoms with van der Waals surface area (Å²) >= 11 is 0. The van der Waals surface area contributed by atoms with Gasteiger partial charge in [0, 0.05) is 6.54 Å². The standard InChI is InChI=1S/C11H17N3O2/c1-7(2)6-14-9(5-8-3-4-8)10(11(15)16)12-13-14/h7-8H,3-6H2,1-2H3,(H,15,16). The molecule has 0 unspecified atom stereocenters. The van der Waals surface area contributed by atoms with E-state index < -0.39 is 5.97 Å². The van der Waals surface area contributed by atoms with Gasteiger partial charge in [-0.1, -0.05) is 19.1 Å². The molecule has 0 atom stereocenters. The van der Waals surface area contributed by atoms with Crippen LogP contribution in [0.2, 0.25) is 0 Å². The Morgan fingerprint density at radius 1 is 1.56 bits per heavy atom. The van der Waals surface area contributed by atoms with E-state index >= 15 is 0 Å². The molecule has 0 radical (unpaired) electrons. The molecular weight excluding hydrogens is 206 g/mol. The fraction of sp³-hybridized carbons (Fsp3) is 0.727. The highest BCUT2D eigenvalue weighted by Gasteiger charge is 2.28. The number of aromatic nitrogens is 3. The third-order valence-corrected chi connectivity index (χ3v) is 2.76. The molecule has 1 aromatic rings. The molecule has 1 N–H and O–H groups in total. The zero-order valence-corrected chi connectivity index (χ0v) is 9.68. The van der Waals surface area contributed by atoms with Gasteiger partial charge in [0.05, 0.1) is 5.69 Å². The summed E-state index contributed by atoms with van der Waals surface area (Å²) in [6.07, 6.45) is 3.21. The van der Waals surface area contributed by atoms with Gasteiger partial charge in [-0.2, -0.15) is 0 Å². The SMILES string of the molecule is CC(C)Cn1nnc(C(=O)O)c1CC1CC1. The minimum absolute atomic E-state index is 0.132.